The summed E-state index contributed by atoms with van der Waals surface area (Å²) in [5, 5.41) is 0. The molecule has 0 amide bonds. The van der Waals surface area contributed by atoms with Crippen LogP contribution in [0.1, 0.15) is 1.43 Å². The first-order chi connectivity index (χ1) is 0. The van der Waals surface area contributed by atoms with Gasteiger partial charge in [-0.25, -0.2) is 0 Å². The molecule has 0 spiro atoms. The summed E-state index contributed by atoms with van der Waals surface area (Å²) in [5.74, 6) is 0. The summed E-state index contributed by atoms with van der Waals surface area (Å²) in [6, 6.07) is 0. The largest absolute Gasteiger partial charge is 1.00 e. The second-order valence-electron chi connectivity index (χ2n) is 0. The van der Waals surface area contributed by atoms with Crippen molar-refractivity contribution in [2.24, 2.45) is 0 Å². The van der Waals surface area contributed by atoms with Crippen molar-refractivity contribution >= 4 is 0 Å². The topological polar surface area (TPSA) is 0 Å². The molecule has 0 saturated carbocycles. The van der Waals surface area contributed by atoms with E-state index in [4.69, 9.17) is 0 Å². The molecule has 0 radical (unpaired) electrons. The van der Waals surface area contributed by atoms with Gasteiger partial charge in [0.25, 0.3) is 0 Å². The van der Waals surface area contributed by atoms with E-state index in [2.05, 4.69) is 0 Å². The first-order valence-corrected chi connectivity index (χ1v) is 0. The summed E-state index contributed by atoms with van der Waals surface area (Å²) in [4.78, 5) is 0. The first kappa shape index (κ1) is 42.5. The Morgan fingerprint density at radius 1 is 1.00 bits per heavy atom. The Balaban J connectivity index is 0. The van der Waals surface area contributed by atoms with Crippen LogP contribution in [-0.4, -0.2) is 0 Å². The molecule has 0 aromatic carbocycles. The van der Waals surface area contributed by atoms with Crippen LogP contribution in [0.4, 0.5) is 9.41 Å². The zero-order chi connectivity index (χ0) is 0. The van der Waals surface area contributed by atoms with Gasteiger partial charge >= 0.3 is 29.6 Å². The molecule has 0 aliphatic rings. The fourth-order valence-corrected chi connectivity index (χ4v) is 0. The molecule has 0 nitrogen and oxygen atoms in total. The number of hydrogen-bond acceptors (Lipinski definition) is 0. The SMILES string of the molecule is F.F.[H-].[Na+].[Zr]. The molecule has 0 heterocycles. The van der Waals surface area contributed by atoms with Gasteiger partial charge in [-0.05, 0) is 0 Å². The van der Waals surface area contributed by atoms with Gasteiger partial charge < -0.3 is 1.43 Å². The first-order valence-electron chi connectivity index (χ1n) is 0. The van der Waals surface area contributed by atoms with Crippen molar-refractivity contribution in [1.82, 2.24) is 0 Å². The predicted molar refractivity (Wildman–Crippen MR) is 6.12 cm³/mol. The minimum Gasteiger partial charge on any atom is -1.00 e. The van der Waals surface area contributed by atoms with E-state index in [-0.39, 0.29) is 66.6 Å². The molecule has 0 saturated heterocycles. The fourth-order valence-electron chi connectivity index (χ4n) is 0. The third-order valence-corrected chi connectivity index (χ3v) is 0. The minimum absolute atomic E-state index is 0. The van der Waals surface area contributed by atoms with E-state index in [0.717, 1.165) is 0 Å². The molecule has 0 rings (SSSR count). The van der Waals surface area contributed by atoms with Crippen LogP contribution < -0.4 is 29.6 Å². The van der Waals surface area contributed by atoms with Crippen molar-refractivity contribution in [3.63, 3.8) is 0 Å². The van der Waals surface area contributed by atoms with Crippen molar-refractivity contribution in [3.05, 3.63) is 0 Å². The van der Waals surface area contributed by atoms with Gasteiger partial charge in [0.2, 0.25) is 0 Å². The monoisotopic (exact) mass is 154 g/mol. The Morgan fingerprint density at radius 2 is 1.00 bits per heavy atom. The molecule has 4 heteroatoms. The maximum atomic E-state index is 0. The third-order valence-electron chi connectivity index (χ3n) is 0. The zero-order valence-corrected chi connectivity index (χ0v) is 6.77. The summed E-state index contributed by atoms with van der Waals surface area (Å²) in [5.41, 5.74) is 0. The molecule has 0 aromatic heterocycles. The molecule has 0 unspecified atom stereocenters. The summed E-state index contributed by atoms with van der Waals surface area (Å²) >= 11 is 0. The van der Waals surface area contributed by atoms with Crippen LogP contribution in [0.15, 0.2) is 0 Å². The predicted octanol–water partition coefficient (Wildman–Crippen LogP) is -2.58. The van der Waals surface area contributed by atoms with Crippen molar-refractivity contribution < 1.29 is 66.6 Å². The normalized spacial score (nSPS) is 0. The zero-order valence-electron chi connectivity index (χ0n) is 3.32. The summed E-state index contributed by atoms with van der Waals surface area (Å²) in [7, 11) is 0. The van der Waals surface area contributed by atoms with Gasteiger partial charge in [0, 0.05) is 26.2 Å². The Bertz CT molecular complexity index is 9.61. The molecule has 0 aliphatic carbocycles. The Labute approximate surface area is 66.0 Å². The van der Waals surface area contributed by atoms with Crippen LogP contribution >= 0.6 is 0 Å². The van der Waals surface area contributed by atoms with Crippen LogP contribution in [0, 0.1) is 0 Å². The molecule has 0 bridgehead atoms. The Morgan fingerprint density at radius 3 is 1.00 bits per heavy atom. The van der Waals surface area contributed by atoms with Crippen molar-refractivity contribution in [2.75, 3.05) is 0 Å². The summed E-state index contributed by atoms with van der Waals surface area (Å²) in [6.45, 7) is 0. The van der Waals surface area contributed by atoms with E-state index in [1.165, 1.54) is 0 Å². The van der Waals surface area contributed by atoms with Gasteiger partial charge in [-0.3, -0.25) is 9.41 Å². The Hall–Kier alpha value is 1.74. The molecule has 4 heavy (non-hydrogen) atoms. The van der Waals surface area contributed by atoms with Gasteiger partial charge in [-0.15, -0.1) is 0 Å². The third kappa shape index (κ3) is 9.27. The molecular formula is H3F2NaZr. The second kappa shape index (κ2) is 21.9. The van der Waals surface area contributed by atoms with Crippen LogP contribution in [0.2, 0.25) is 0 Å². The summed E-state index contributed by atoms with van der Waals surface area (Å²) < 4.78 is 0. The second-order valence-corrected chi connectivity index (χ2v) is 0. The average Bonchev–Trinajstić information content (AvgIpc) is 0. The van der Waals surface area contributed by atoms with Crippen LogP contribution in [0.25, 0.3) is 0 Å². The number of halogens is 2. The van der Waals surface area contributed by atoms with Crippen molar-refractivity contribution in [2.45, 2.75) is 0 Å². The van der Waals surface area contributed by atoms with Gasteiger partial charge in [-0.1, -0.05) is 0 Å². The van der Waals surface area contributed by atoms with Gasteiger partial charge in [0.15, 0.2) is 0 Å². The quantitative estimate of drug-likeness (QED) is 0.337. The standard InChI is InChI=1S/2FH.Na.Zr.H/h2*1H;;;/q;;+1;;-1. The maximum absolute atomic E-state index is 0. The fraction of sp³-hybridized carbons (Fsp3) is 0. The van der Waals surface area contributed by atoms with E-state index in [0.29, 0.717) is 0 Å². The van der Waals surface area contributed by atoms with Gasteiger partial charge in [0.05, 0.1) is 0 Å². The van der Waals surface area contributed by atoms with E-state index in [1.807, 2.05) is 0 Å². The van der Waals surface area contributed by atoms with E-state index in [9.17, 15) is 0 Å². The summed E-state index contributed by atoms with van der Waals surface area (Å²) in [6.07, 6.45) is 0. The number of rotatable bonds is 0. The van der Waals surface area contributed by atoms with E-state index >= 15 is 0 Å². The van der Waals surface area contributed by atoms with Gasteiger partial charge in [0.1, 0.15) is 0 Å². The van der Waals surface area contributed by atoms with E-state index < -0.39 is 0 Å². The smallest absolute Gasteiger partial charge is 1.00 e. The van der Waals surface area contributed by atoms with Gasteiger partial charge in [-0.2, -0.15) is 0 Å². The van der Waals surface area contributed by atoms with Crippen molar-refractivity contribution in [3.8, 4) is 0 Å². The van der Waals surface area contributed by atoms with Crippen LogP contribution in [0.3, 0.4) is 0 Å². The van der Waals surface area contributed by atoms with E-state index in [1.54, 1.807) is 0 Å². The molecular weight excluding hydrogens is 152 g/mol. The van der Waals surface area contributed by atoms with Crippen molar-refractivity contribution in [1.29, 1.82) is 0 Å². The Kier molecular flexibility index (Phi) is 233. The minimum atomic E-state index is 0. The molecule has 0 aliphatic heterocycles. The van der Waals surface area contributed by atoms with Crippen LogP contribution in [-0.2, 0) is 26.2 Å². The number of hydrogen-bond donors (Lipinski definition) is 0. The molecule has 0 aromatic rings. The average molecular weight is 155 g/mol. The molecule has 0 fully saturated rings. The molecule has 0 N–H and O–H groups in total. The maximum Gasteiger partial charge on any atom is 1.00 e. The molecule has 0 atom stereocenters. The van der Waals surface area contributed by atoms with Crippen LogP contribution in [0.5, 0.6) is 0 Å². The molecule has 22 valence electrons.